The smallest absolute Gasteiger partial charge is 0.233 e. The van der Waals surface area contributed by atoms with Gasteiger partial charge in [-0.3, -0.25) is 4.79 Å². The Balaban J connectivity index is 0.00000220. The number of hydrogen-bond donors (Lipinski definition) is 1. The average molecular weight is 329 g/mol. The van der Waals surface area contributed by atoms with Crippen LogP contribution in [0.4, 0.5) is 0 Å². The van der Waals surface area contributed by atoms with Gasteiger partial charge in [-0.05, 0) is 44.7 Å². The van der Waals surface area contributed by atoms with Gasteiger partial charge in [-0.1, -0.05) is 18.2 Å². The highest BCUT2D eigenvalue weighted by Crippen LogP contribution is 2.24. The van der Waals surface area contributed by atoms with E-state index in [2.05, 4.69) is 19.1 Å². The van der Waals surface area contributed by atoms with Gasteiger partial charge in [0.05, 0.1) is 5.75 Å². The van der Waals surface area contributed by atoms with Crippen LogP contribution < -0.4 is 5.73 Å². The summed E-state index contributed by atoms with van der Waals surface area (Å²) >= 11 is 1.63. The summed E-state index contributed by atoms with van der Waals surface area (Å²) in [5.41, 5.74) is 7.26. The quantitative estimate of drug-likeness (QED) is 0.863. The Morgan fingerprint density at radius 1 is 1.43 bits per heavy atom. The van der Waals surface area contributed by atoms with E-state index in [4.69, 9.17) is 5.73 Å². The zero-order chi connectivity index (χ0) is 14.5. The molecular formula is C16H25ClN2OS. The molecule has 3 nitrogen and oxygen atoms in total. The van der Waals surface area contributed by atoms with Crippen LogP contribution in [-0.4, -0.2) is 35.2 Å². The first-order valence-corrected chi connectivity index (χ1v) is 8.31. The van der Waals surface area contributed by atoms with E-state index < -0.39 is 0 Å². The van der Waals surface area contributed by atoms with Crippen LogP contribution >= 0.6 is 24.2 Å². The molecule has 2 unspecified atom stereocenters. The molecule has 1 fully saturated rings. The third kappa shape index (κ3) is 4.90. The highest BCUT2D eigenvalue weighted by atomic mass is 35.5. The molecule has 0 aliphatic carbocycles. The number of rotatable bonds is 4. The molecule has 1 aromatic rings. The zero-order valence-electron chi connectivity index (χ0n) is 12.7. The summed E-state index contributed by atoms with van der Waals surface area (Å²) in [6, 6.07) is 8.48. The van der Waals surface area contributed by atoms with Crippen LogP contribution in [0.1, 0.15) is 31.7 Å². The topological polar surface area (TPSA) is 46.3 Å². The van der Waals surface area contributed by atoms with Crippen LogP contribution in [0.25, 0.3) is 0 Å². The number of carbonyl (C=O) groups is 1. The molecule has 2 atom stereocenters. The lowest BCUT2D eigenvalue weighted by Gasteiger charge is -2.38. The number of nitrogens with two attached hydrogens (primary N) is 1. The fourth-order valence-corrected chi connectivity index (χ4v) is 3.67. The largest absolute Gasteiger partial charge is 0.337 e. The van der Waals surface area contributed by atoms with Crippen molar-refractivity contribution in [2.75, 3.05) is 12.3 Å². The number of amides is 1. The Kier molecular flexibility index (Phi) is 7.57. The molecule has 118 valence electrons. The summed E-state index contributed by atoms with van der Waals surface area (Å²) in [7, 11) is 0. The average Bonchev–Trinajstić information content (AvgIpc) is 2.46. The van der Waals surface area contributed by atoms with Crippen LogP contribution in [0.3, 0.4) is 0 Å². The number of likely N-dealkylation sites (tertiary alicyclic amines) is 1. The summed E-state index contributed by atoms with van der Waals surface area (Å²) in [6.45, 7) is 4.95. The first-order chi connectivity index (χ1) is 9.59. The summed E-state index contributed by atoms with van der Waals surface area (Å²) in [6.07, 6.45) is 3.32. The van der Waals surface area contributed by atoms with Crippen LogP contribution in [0.15, 0.2) is 29.2 Å². The van der Waals surface area contributed by atoms with Crippen molar-refractivity contribution in [2.24, 2.45) is 5.73 Å². The van der Waals surface area contributed by atoms with Crippen LogP contribution in [-0.2, 0) is 4.79 Å². The van der Waals surface area contributed by atoms with Crippen molar-refractivity contribution in [3.8, 4) is 0 Å². The molecule has 5 heteroatoms. The minimum atomic E-state index is 0. The van der Waals surface area contributed by atoms with E-state index >= 15 is 0 Å². The molecule has 0 bridgehead atoms. The van der Waals surface area contributed by atoms with Crippen molar-refractivity contribution in [1.29, 1.82) is 0 Å². The van der Waals surface area contributed by atoms with Crippen molar-refractivity contribution >= 4 is 30.1 Å². The number of halogens is 1. The maximum atomic E-state index is 12.4. The van der Waals surface area contributed by atoms with E-state index in [0.29, 0.717) is 5.75 Å². The summed E-state index contributed by atoms with van der Waals surface area (Å²) in [4.78, 5) is 15.6. The number of carbonyl (C=O) groups excluding carboxylic acids is 1. The molecule has 2 rings (SSSR count). The summed E-state index contributed by atoms with van der Waals surface area (Å²) in [5.74, 6) is 0.730. The molecular weight excluding hydrogens is 304 g/mol. The molecule has 21 heavy (non-hydrogen) atoms. The Bertz CT molecular complexity index is 467. The van der Waals surface area contributed by atoms with Gasteiger partial charge in [0.2, 0.25) is 5.91 Å². The highest BCUT2D eigenvalue weighted by molar-refractivity contribution is 8.00. The van der Waals surface area contributed by atoms with Gasteiger partial charge in [0.15, 0.2) is 0 Å². The van der Waals surface area contributed by atoms with Crippen molar-refractivity contribution in [3.05, 3.63) is 29.8 Å². The van der Waals surface area contributed by atoms with Gasteiger partial charge in [0, 0.05) is 23.5 Å². The Hall–Kier alpha value is -0.710. The normalized spacial score (nSPS) is 19.8. The van der Waals surface area contributed by atoms with E-state index in [1.54, 1.807) is 11.8 Å². The standard InChI is InChI=1S/C16H24N2OS.ClH/c1-12-7-3-4-9-15(12)20-11-16(19)18-10-6-5-8-14(18)13(2)17;/h3-4,7,9,13-14H,5-6,8,10-11,17H2,1-2H3;1H. The molecule has 1 heterocycles. The molecule has 1 saturated heterocycles. The third-order valence-corrected chi connectivity index (χ3v) is 5.08. The number of benzene rings is 1. The Morgan fingerprint density at radius 3 is 2.81 bits per heavy atom. The lowest BCUT2D eigenvalue weighted by atomic mass is 9.97. The Morgan fingerprint density at radius 2 is 2.14 bits per heavy atom. The van der Waals surface area contributed by atoms with E-state index in [1.807, 2.05) is 24.0 Å². The lowest BCUT2D eigenvalue weighted by molar-refractivity contribution is -0.132. The van der Waals surface area contributed by atoms with Gasteiger partial charge in [0.25, 0.3) is 0 Å². The number of thioether (sulfide) groups is 1. The molecule has 1 aliphatic heterocycles. The van der Waals surface area contributed by atoms with Gasteiger partial charge in [-0.2, -0.15) is 0 Å². The number of hydrogen-bond acceptors (Lipinski definition) is 3. The maximum absolute atomic E-state index is 12.4. The van der Waals surface area contributed by atoms with Crippen LogP contribution in [0, 0.1) is 6.92 Å². The first kappa shape index (κ1) is 18.3. The molecule has 0 radical (unpaired) electrons. The fourth-order valence-electron chi connectivity index (χ4n) is 2.75. The van der Waals surface area contributed by atoms with E-state index in [0.717, 1.165) is 19.4 Å². The van der Waals surface area contributed by atoms with Gasteiger partial charge in [-0.15, -0.1) is 24.2 Å². The molecule has 1 amide bonds. The summed E-state index contributed by atoms with van der Waals surface area (Å²) < 4.78 is 0. The third-order valence-electron chi connectivity index (χ3n) is 3.92. The SMILES string of the molecule is Cc1ccccc1SCC(=O)N1CCCCC1C(C)N.Cl. The predicted octanol–water partition coefficient (Wildman–Crippen LogP) is 3.24. The lowest BCUT2D eigenvalue weighted by Crippen LogP contribution is -2.52. The first-order valence-electron chi connectivity index (χ1n) is 7.33. The molecule has 1 aliphatic rings. The second-order valence-electron chi connectivity index (χ2n) is 5.56. The van der Waals surface area contributed by atoms with E-state index in [9.17, 15) is 4.79 Å². The molecule has 2 N–H and O–H groups in total. The van der Waals surface area contributed by atoms with E-state index in [1.165, 1.54) is 16.9 Å². The zero-order valence-corrected chi connectivity index (χ0v) is 14.4. The van der Waals surface area contributed by atoms with Gasteiger partial charge < -0.3 is 10.6 Å². The van der Waals surface area contributed by atoms with Crippen LogP contribution in [0.5, 0.6) is 0 Å². The molecule has 0 saturated carbocycles. The minimum Gasteiger partial charge on any atom is -0.337 e. The van der Waals surface area contributed by atoms with Crippen molar-refractivity contribution in [2.45, 2.75) is 50.1 Å². The molecule has 1 aromatic carbocycles. The number of aryl methyl sites for hydroxylation is 1. The van der Waals surface area contributed by atoms with Crippen LogP contribution in [0.2, 0.25) is 0 Å². The van der Waals surface area contributed by atoms with Gasteiger partial charge >= 0.3 is 0 Å². The van der Waals surface area contributed by atoms with Crippen molar-refractivity contribution in [3.63, 3.8) is 0 Å². The summed E-state index contributed by atoms with van der Waals surface area (Å²) in [5, 5.41) is 0. The van der Waals surface area contributed by atoms with Gasteiger partial charge in [0.1, 0.15) is 0 Å². The molecule has 0 aromatic heterocycles. The monoisotopic (exact) mass is 328 g/mol. The fraction of sp³-hybridized carbons (Fsp3) is 0.562. The molecule has 0 spiro atoms. The maximum Gasteiger partial charge on any atom is 0.233 e. The second kappa shape index (κ2) is 8.66. The van der Waals surface area contributed by atoms with Gasteiger partial charge in [-0.25, -0.2) is 0 Å². The second-order valence-corrected chi connectivity index (χ2v) is 6.58. The number of nitrogens with zero attached hydrogens (tertiary/aromatic N) is 1. The van der Waals surface area contributed by atoms with Crippen molar-refractivity contribution < 1.29 is 4.79 Å². The minimum absolute atomic E-state index is 0. The van der Waals surface area contributed by atoms with Crippen molar-refractivity contribution in [1.82, 2.24) is 4.90 Å². The van der Waals surface area contributed by atoms with E-state index in [-0.39, 0.29) is 30.4 Å². The Labute approximate surface area is 138 Å². The predicted molar refractivity (Wildman–Crippen MR) is 92.2 cm³/mol. The highest BCUT2D eigenvalue weighted by Gasteiger charge is 2.28. The number of piperidine rings is 1.